The number of ether oxygens (including phenoxy) is 1. The van der Waals surface area contributed by atoms with Gasteiger partial charge >= 0.3 is 0 Å². The third kappa shape index (κ3) is 5.23. The number of hydrogen-bond acceptors (Lipinski definition) is 4. The fraction of sp³-hybridized carbons (Fsp3) is 0.632. The van der Waals surface area contributed by atoms with Gasteiger partial charge < -0.3 is 15.0 Å². The maximum absolute atomic E-state index is 13.5. The highest BCUT2D eigenvalue weighted by atomic mass is 19.1. The average molecular weight is 349 g/mol. The Labute approximate surface area is 149 Å². The lowest BCUT2D eigenvalue weighted by Crippen LogP contribution is -2.49. The molecule has 2 aliphatic heterocycles. The fourth-order valence-electron chi connectivity index (χ4n) is 3.60. The van der Waals surface area contributed by atoms with Crippen LogP contribution in [0.4, 0.5) is 10.1 Å². The summed E-state index contributed by atoms with van der Waals surface area (Å²) in [5, 5.41) is 2.78. The van der Waals surface area contributed by atoms with Gasteiger partial charge in [0.05, 0.1) is 13.2 Å². The molecule has 2 heterocycles. The summed E-state index contributed by atoms with van der Waals surface area (Å²) in [6.07, 6.45) is 2.76. The summed E-state index contributed by atoms with van der Waals surface area (Å²) >= 11 is 0. The monoisotopic (exact) mass is 349 g/mol. The molecule has 6 heteroatoms. The standard InChI is InChI=1S/C19H28FN3O2/c1-15-2-3-16(14-18(15)20)21-19(24)6-9-22-7-4-17(5-8-22)23-10-12-25-13-11-23/h2-3,14,17H,4-13H2,1H3,(H,21,24). The van der Waals surface area contributed by atoms with E-state index in [0.717, 1.165) is 58.8 Å². The minimum atomic E-state index is -0.289. The largest absolute Gasteiger partial charge is 0.379 e. The van der Waals surface area contributed by atoms with Crippen molar-refractivity contribution in [2.45, 2.75) is 32.2 Å². The summed E-state index contributed by atoms with van der Waals surface area (Å²) in [4.78, 5) is 17.0. The van der Waals surface area contributed by atoms with E-state index < -0.39 is 0 Å². The predicted octanol–water partition coefficient (Wildman–Crippen LogP) is 2.26. The second-order valence-electron chi connectivity index (χ2n) is 6.98. The summed E-state index contributed by atoms with van der Waals surface area (Å²) in [6, 6.07) is 5.46. The number of hydrogen-bond donors (Lipinski definition) is 1. The second-order valence-corrected chi connectivity index (χ2v) is 6.98. The molecule has 25 heavy (non-hydrogen) atoms. The highest BCUT2D eigenvalue weighted by molar-refractivity contribution is 5.90. The van der Waals surface area contributed by atoms with Gasteiger partial charge in [-0.25, -0.2) is 4.39 Å². The van der Waals surface area contributed by atoms with Crippen molar-refractivity contribution in [3.05, 3.63) is 29.6 Å². The molecule has 1 aromatic carbocycles. The van der Waals surface area contributed by atoms with E-state index in [-0.39, 0.29) is 11.7 Å². The number of anilines is 1. The van der Waals surface area contributed by atoms with Crippen molar-refractivity contribution < 1.29 is 13.9 Å². The summed E-state index contributed by atoms with van der Waals surface area (Å²) in [6.45, 7) is 8.32. The SMILES string of the molecule is Cc1ccc(NC(=O)CCN2CCC(N3CCOCC3)CC2)cc1F. The number of morpholine rings is 1. The number of carbonyl (C=O) groups is 1. The minimum Gasteiger partial charge on any atom is -0.379 e. The van der Waals surface area contributed by atoms with Crippen LogP contribution in [0.5, 0.6) is 0 Å². The van der Waals surface area contributed by atoms with E-state index in [2.05, 4.69) is 15.1 Å². The molecule has 0 aliphatic carbocycles. The number of amides is 1. The van der Waals surface area contributed by atoms with Crippen LogP contribution in [0.25, 0.3) is 0 Å². The van der Waals surface area contributed by atoms with Gasteiger partial charge in [0, 0.05) is 37.8 Å². The van der Waals surface area contributed by atoms with E-state index in [9.17, 15) is 9.18 Å². The number of piperidine rings is 1. The Bertz CT molecular complexity index is 582. The topological polar surface area (TPSA) is 44.8 Å². The first-order chi connectivity index (χ1) is 12.1. The molecule has 2 aliphatic rings. The molecule has 2 saturated heterocycles. The fourth-order valence-corrected chi connectivity index (χ4v) is 3.60. The predicted molar refractivity (Wildman–Crippen MR) is 96.2 cm³/mol. The Kier molecular flexibility index (Phi) is 6.39. The molecule has 0 radical (unpaired) electrons. The van der Waals surface area contributed by atoms with Gasteiger partial charge in [-0.05, 0) is 50.6 Å². The van der Waals surface area contributed by atoms with Crippen LogP contribution in [-0.2, 0) is 9.53 Å². The lowest BCUT2D eigenvalue weighted by Gasteiger charge is -2.40. The van der Waals surface area contributed by atoms with Crippen molar-refractivity contribution in [2.75, 3.05) is 51.3 Å². The molecule has 0 aromatic heterocycles. The van der Waals surface area contributed by atoms with Crippen molar-refractivity contribution in [3.63, 3.8) is 0 Å². The van der Waals surface area contributed by atoms with Crippen molar-refractivity contribution in [1.82, 2.24) is 9.80 Å². The molecule has 2 fully saturated rings. The number of rotatable bonds is 5. The molecule has 0 saturated carbocycles. The van der Waals surface area contributed by atoms with E-state index in [1.165, 1.54) is 6.07 Å². The summed E-state index contributed by atoms with van der Waals surface area (Å²) < 4.78 is 18.9. The first kappa shape index (κ1) is 18.3. The van der Waals surface area contributed by atoms with Crippen LogP contribution in [0.1, 0.15) is 24.8 Å². The Hall–Kier alpha value is -1.50. The molecule has 0 unspecified atom stereocenters. The molecule has 0 atom stereocenters. The van der Waals surface area contributed by atoms with Gasteiger partial charge in [0.2, 0.25) is 5.91 Å². The molecule has 1 aromatic rings. The smallest absolute Gasteiger partial charge is 0.225 e. The van der Waals surface area contributed by atoms with Crippen molar-refractivity contribution in [3.8, 4) is 0 Å². The maximum Gasteiger partial charge on any atom is 0.225 e. The molecular weight excluding hydrogens is 321 g/mol. The minimum absolute atomic E-state index is 0.0569. The van der Waals surface area contributed by atoms with E-state index in [0.29, 0.717) is 23.7 Å². The summed E-state index contributed by atoms with van der Waals surface area (Å²) in [5.74, 6) is -0.346. The molecule has 3 rings (SSSR count). The molecule has 1 amide bonds. The van der Waals surface area contributed by atoms with Crippen LogP contribution < -0.4 is 5.32 Å². The molecule has 1 N–H and O–H groups in total. The number of carbonyl (C=O) groups excluding carboxylic acids is 1. The van der Waals surface area contributed by atoms with E-state index in [1.54, 1.807) is 19.1 Å². The van der Waals surface area contributed by atoms with Gasteiger partial charge in [-0.2, -0.15) is 0 Å². The van der Waals surface area contributed by atoms with Gasteiger partial charge in [-0.15, -0.1) is 0 Å². The van der Waals surface area contributed by atoms with Gasteiger partial charge in [-0.3, -0.25) is 9.69 Å². The van der Waals surface area contributed by atoms with Crippen LogP contribution in [0.15, 0.2) is 18.2 Å². The van der Waals surface area contributed by atoms with Crippen molar-refractivity contribution >= 4 is 11.6 Å². The molecular formula is C19H28FN3O2. The maximum atomic E-state index is 13.5. The zero-order valence-electron chi connectivity index (χ0n) is 15.0. The van der Waals surface area contributed by atoms with Crippen molar-refractivity contribution in [1.29, 1.82) is 0 Å². The Morgan fingerprint density at radius 2 is 1.96 bits per heavy atom. The average Bonchev–Trinajstić information content (AvgIpc) is 2.64. The number of likely N-dealkylation sites (tertiary alicyclic amines) is 1. The van der Waals surface area contributed by atoms with E-state index >= 15 is 0 Å². The summed E-state index contributed by atoms with van der Waals surface area (Å²) in [5.41, 5.74) is 1.11. The molecule has 0 spiro atoms. The number of nitrogens with zero attached hydrogens (tertiary/aromatic N) is 2. The van der Waals surface area contributed by atoms with Crippen LogP contribution in [-0.4, -0.2) is 67.7 Å². The third-order valence-electron chi connectivity index (χ3n) is 5.23. The van der Waals surface area contributed by atoms with Gasteiger partial charge in [0.15, 0.2) is 0 Å². The quantitative estimate of drug-likeness (QED) is 0.886. The highest BCUT2D eigenvalue weighted by Crippen LogP contribution is 2.18. The number of benzene rings is 1. The highest BCUT2D eigenvalue weighted by Gasteiger charge is 2.25. The van der Waals surface area contributed by atoms with Gasteiger partial charge in [-0.1, -0.05) is 6.07 Å². The number of halogens is 1. The Morgan fingerprint density at radius 3 is 2.64 bits per heavy atom. The molecule has 5 nitrogen and oxygen atoms in total. The van der Waals surface area contributed by atoms with Gasteiger partial charge in [0.25, 0.3) is 0 Å². The Morgan fingerprint density at radius 1 is 1.24 bits per heavy atom. The summed E-state index contributed by atoms with van der Waals surface area (Å²) in [7, 11) is 0. The normalized spacial score (nSPS) is 20.6. The number of aryl methyl sites for hydroxylation is 1. The molecule has 0 bridgehead atoms. The van der Waals surface area contributed by atoms with Crippen molar-refractivity contribution in [2.24, 2.45) is 0 Å². The van der Waals surface area contributed by atoms with E-state index in [1.807, 2.05) is 0 Å². The molecule has 138 valence electrons. The van der Waals surface area contributed by atoms with Gasteiger partial charge in [0.1, 0.15) is 5.82 Å². The second kappa shape index (κ2) is 8.74. The van der Waals surface area contributed by atoms with Crippen LogP contribution in [0.3, 0.4) is 0 Å². The van der Waals surface area contributed by atoms with Crippen LogP contribution in [0.2, 0.25) is 0 Å². The first-order valence-electron chi connectivity index (χ1n) is 9.22. The zero-order valence-corrected chi connectivity index (χ0v) is 15.0. The Balaban J connectivity index is 1.37. The van der Waals surface area contributed by atoms with Crippen LogP contribution >= 0.6 is 0 Å². The zero-order chi connectivity index (χ0) is 17.6. The first-order valence-corrected chi connectivity index (χ1v) is 9.22. The van der Waals surface area contributed by atoms with Crippen LogP contribution in [0, 0.1) is 12.7 Å². The van der Waals surface area contributed by atoms with E-state index in [4.69, 9.17) is 4.74 Å². The third-order valence-corrected chi connectivity index (χ3v) is 5.23. The lowest BCUT2D eigenvalue weighted by atomic mass is 10.0. The number of nitrogens with one attached hydrogen (secondary N) is 1. The lowest BCUT2D eigenvalue weighted by molar-refractivity contribution is -0.116.